The van der Waals surface area contributed by atoms with Gasteiger partial charge in [0.15, 0.2) is 16.4 Å². The number of nitrogens with one attached hydrogen (secondary N) is 1. The Bertz CT molecular complexity index is 702. The molecule has 1 fully saturated rings. The molecule has 0 radical (unpaired) electrons. The maximum atomic E-state index is 11.7. The van der Waals surface area contributed by atoms with E-state index < -0.39 is 34.4 Å². The van der Waals surface area contributed by atoms with Gasteiger partial charge in [0.2, 0.25) is 0 Å². The van der Waals surface area contributed by atoms with Gasteiger partial charge in [0.1, 0.15) is 11.3 Å². The van der Waals surface area contributed by atoms with Crippen molar-refractivity contribution < 1.29 is 27.9 Å². The summed E-state index contributed by atoms with van der Waals surface area (Å²) in [5.74, 6) is -1.77. The number of hydrogen-bond acceptors (Lipinski definition) is 5. The van der Waals surface area contributed by atoms with Crippen LogP contribution in [0.5, 0.6) is 5.75 Å². The van der Waals surface area contributed by atoms with Gasteiger partial charge in [-0.2, -0.15) is 0 Å². The number of aromatic carboxylic acids is 1. The number of rotatable bonds is 5. The molecule has 0 spiro atoms. The summed E-state index contributed by atoms with van der Waals surface area (Å²) in [5, 5.41) is 11.8. The van der Waals surface area contributed by atoms with Crippen LogP contribution in [0.1, 0.15) is 16.8 Å². The second-order valence-corrected chi connectivity index (χ2v) is 7.57. The van der Waals surface area contributed by atoms with Crippen molar-refractivity contribution in [2.24, 2.45) is 0 Å². The SMILES string of the molecule is O=C(COc1cc(Cl)ccc1C(=O)O)N[C@H]1CCS(=O)(=O)C1. The molecule has 1 saturated heterocycles. The Morgan fingerprint density at radius 1 is 1.41 bits per heavy atom. The summed E-state index contributed by atoms with van der Waals surface area (Å²) >= 11 is 5.77. The molecule has 120 valence electrons. The summed E-state index contributed by atoms with van der Waals surface area (Å²) < 4.78 is 27.8. The van der Waals surface area contributed by atoms with Crippen molar-refractivity contribution >= 4 is 33.3 Å². The first-order chi connectivity index (χ1) is 10.3. The standard InChI is InChI=1S/C13H14ClNO6S/c14-8-1-2-10(13(17)18)11(5-8)21-6-12(16)15-9-3-4-22(19,20)7-9/h1-2,5,9H,3-4,6-7H2,(H,15,16)(H,17,18)/t9-/m0/s1. The molecule has 22 heavy (non-hydrogen) atoms. The molecule has 0 aromatic heterocycles. The fourth-order valence-corrected chi connectivity index (χ4v) is 3.95. The first-order valence-corrected chi connectivity index (χ1v) is 8.62. The van der Waals surface area contributed by atoms with Crippen molar-refractivity contribution in [1.82, 2.24) is 5.32 Å². The maximum absolute atomic E-state index is 11.7. The van der Waals surface area contributed by atoms with Crippen LogP contribution in [0.4, 0.5) is 0 Å². The highest BCUT2D eigenvalue weighted by Gasteiger charge is 2.29. The van der Waals surface area contributed by atoms with Crippen molar-refractivity contribution in [1.29, 1.82) is 0 Å². The van der Waals surface area contributed by atoms with Crippen molar-refractivity contribution in [3.63, 3.8) is 0 Å². The van der Waals surface area contributed by atoms with Crippen molar-refractivity contribution in [3.05, 3.63) is 28.8 Å². The molecule has 2 rings (SSSR count). The van der Waals surface area contributed by atoms with Crippen LogP contribution in [0.25, 0.3) is 0 Å². The van der Waals surface area contributed by atoms with Crippen molar-refractivity contribution in [3.8, 4) is 5.75 Å². The van der Waals surface area contributed by atoms with E-state index in [2.05, 4.69) is 5.32 Å². The fourth-order valence-electron chi connectivity index (χ4n) is 2.11. The van der Waals surface area contributed by atoms with E-state index in [9.17, 15) is 18.0 Å². The van der Waals surface area contributed by atoms with E-state index in [4.69, 9.17) is 21.4 Å². The van der Waals surface area contributed by atoms with Crippen LogP contribution >= 0.6 is 11.6 Å². The first-order valence-electron chi connectivity index (χ1n) is 6.42. The van der Waals surface area contributed by atoms with Gasteiger partial charge in [0, 0.05) is 11.1 Å². The van der Waals surface area contributed by atoms with Crippen LogP contribution in [-0.2, 0) is 14.6 Å². The number of benzene rings is 1. The van der Waals surface area contributed by atoms with Crippen molar-refractivity contribution in [2.75, 3.05) is 18.1 Å². The lowest BCUT2D eigenvalue weighted by molar-refractivity contribution is -0.123. The van der Waals surface area contributed by atoms with Crippen LogP contribution in [0.3, 0.4) is 0 Å². The second-order valence-electron chi connectivity index (χ2n) is 4.90. The highest BCUT2D eigenvalue weighted by molar-refractivity contribution is 7.91. The highest BCUT2D eigenvalue weighted by atomic mass is 35.5. The monoisotopic (exact) mass is 347 g/mol. The number of amides is 1. The van der Waals surface area contributed by atoms with Gasteiger partial charge in [-0.05, 0) is 24.6 Å². The number of sulfone groups is 1. The predicted molar refractivity (Wildman–Crippen MR) is 79.1 cm³/mol. The molecule has 1 heterocycles. The number of ether oxygens (including phenoxy) is 1. The minimum Gasteiger partial charge on any atom is -0.483 e. The van der Waals surface area contributed by atoms with Gasteiger partial charge in [-0.3, -0.25) is 4.79 Å². The predicted octanol–water partition coefficient (Wildman–Crippen LogP) is 0.720. The fraction of sp³-hybridized carbons (Fsp3) is 0.385. The molecule has 1 aliphatic heterocycles. The summed E-state index contributed by atoms with van der Waals surface area (Å²) in [7, 11) is -3.08. The van der Waals surface area contributed by atoms with Gasteiger partial charge in [-0.25, -0.2) is 13.2 Å². The normalized spacial score (nSPS) is 19.6. The van der Waals surface area contributed by atoms with E-state index in [0.717, 1.165) is 0 Å². The number of hydrogen-bond donors (Lipinski definition) is 2. The quantitative estimate of drug-likeness (QED) is 0.812. The van der Waals surface area contributed by atoms with Crippen LogP contribution in [0, 0.1) is 0 Å². The van der Waals surface area contributed by atoms with Gasteiger partial charge >= 0.3 is 5.97 Å². The van der Waals surface area contributed by atoms with Crippen LogP contribution in [-0.4, -0.2) is 49.6 Å². The Labute approximate surface area is 132 Å². The van der Waals surface area contributed by atoms with Gasteiger partial charge in [0.25, 0.3) is 5.91 Å². The molecule has 9 heteroatoms. The molecule has 1 amide bonds. The molecule has 1 aliphatic rings. The number of carboxylic acids is 1. The van der Waals surface area contributed by atoms with E-state index in [1.807, 2.05) is 0 Å². The lowest BCUT2D eigenvalue weighted by Gasteiger charge is -2.13. The minimum absolute atomic E-state index is 0.0193. The number of halogens is 1. The molecule has 2 N–H and O–H groups in total. The summed E-state index contributed by atoms with van der Waals surface area (Å²) in [6.07, 6.45) is 0.367. The highest BCUT2D eigenvalue weighted by Crippen LogP contribution is 2.23. The van der Waals surface area contributed by atoms with Gasteiger partial charge in [0.05, 0.1) is 11.5 Å². The number of carbonyl (C=O) groups excluding carboxylic acids is 1. The maximum Gasteiger partial charge on any atom is 0.339 e. The smallest absolute Gasteiger partial charge is 0.339 e. The largest absolute Gasteiger partial charge is 0.483 e. The molecule has 0 saturated carbocycles. The molecule has 0 unspecified atom stereocenters. The minimum atomic E-state index is -3.08. The average molecular weight is 348 g/mol. The van der Waals surface area contributed by atoms with Gasteiger partial charge < -0.3 is 15.2 Å². The lowest BCUT2D eigenvalue weighted by atomic mass is 10.2. The Balaban J connectivity index is 1.94. The Morgan fingerprint density at radius 2 is 2.14 bits per heavy atom. The molecular formula is C13H14ClNO6S. The van der Waals surface area contributed by atoms with E-state index in [1.165, 1.54) is 18.2 Å². The Kier molecular flexibility index (Phi) is 4.92. The third kappa shape index (κ3) is 4.35. The van der Waals surface area contributed by atoms with Gasteiger partial charge in [-0.15, -0.1) is 0 Å². The molecule has 1 aromatic rings. The van der Waals surface area contributed by atoms with Crippen LogP contribution < -0.4 is 10.1 Å². The molecule has 1 aromatic carbocycles. The van der Waals surface area contributed by atoms with Crippen LogP contribution in [0.2, 0.25) is 5.02 Å². The van der Waals surface area contributed by atoms with E-state index in [-0.39, 0.29) is 27.8 Å². The zero-order valence-electron chi connectivity index (χ0n) is 11.4. The first kappa shape index (κ1) is 16.6. The third-order valence-electron chi connectivity index (χ3n) is 3.13. The molecule has 0 bridgehead atoms. The second kappa shape index (κ2) is 6.53. The number of carbonyl (C=O) groups is 2. The third-order valence-corrected chi connectivity index (χ3v) is 5.13. The Morgan fingerprint density at radius 3 is 2.73 bits per heavy atom. The zero-order valence-corrected chi connectivity index (χ0v) is 13.0. The number of carboxylic acid groups (broad SMARTS) is 1. The summed E-state index contributed by atoms with van der Waals surface area (Å²) in [5.41, 5.74) is -0.111. The zero-order chi connectivity index (χ0) is 16.3. The lowest BCUT2D eigenvalue weighted by Crippen LogP contribution is -2.38. The molecular weight excluding hydrogens is 334 g/mol. The molecule has 7 nitrogen and oxygen atoms in total. The van der Waals surface area contributed by atoms with E-state index >= 15 is 0 Å². The Hall–Kier alpha value is -1.80. The van der Waals surface area contributed by atoms with Gasteiger partial charge in [-0.1, -0.05) is 11.6 Å². The molecule has 0 aliphatic carbocycles. The van der Waals surface area contributed by atoms with Crippen molar-refractivity contribution in [2.45, 2.75) is 12.5 Å². The molecule has 1 atom stereocenters. The van der Waals surface area contributed by atoms with E-state index in [0.29, 0.717) is 6.42 Å². The van der Waals surface area contributed by atoms with Crippen LogP contribution in [0.15, 0.2) is 18.2 Å². The summed E-state index contributed by atoms with van der Waals surface area (Å²) in [6, 6.07) is 3.56. The average Bonchev–Trinajstić information content (AvgIpc) is 2.75. The summed E-state index contributed by atoms with van der Waals surface area (Å²) in [6.45, 7) is -0.419. The summed E-state index contributed by atoms with van der Waals surface area (Å²) in [4.78, 5) is 22.8. The van der Waals surface area contributed by atoms with E-state index in [1.54, 1.807) is 0 Å². The topological polar surface area (TPSA) is 110 Å².